The van der Waals surface area contributed by atoms with Crippen LogP contribution in [0.5, 0.6) is 0 Å². The molecule has 0 fully saturated rings. The smallest absolute Gasteiger partial charge is 0.271 e. The van der Waals surface area contributed by atoms with E-state index in [-0.39, 0.29) is 11.8 Å². The van der Waals surface area contributed by atoms with Gasteiger partial charge in [-0.15, -0.1) is 0 Å². The first kappa shape index (κ1) is 13.2. The zero-order valence-corrected chi connectivity index (χ0v) is 10.1. The third-order valence-corrected chi connectivity index (χ3v) is 2.19. The van der Waals surface area contributed by atoms with Crippen molar-refractivity contribution >= 4 is 11.8 Å². The molecule has 0 unspecified atom stereocenters. The van der Waals surface area contributed by atoms with Crippen LogP contribution in [-0.2, 0) is 4.79 Å². The molecule has 92 valence electrons. The van der Waals surface area contributed by atoms with Crippen molar-refractivity contribution in [1.82, 2.24) is 15.8 Å². The van der Waals surface area contributed by atoms with E-state index in [0.717, 1.165) is 6.42 Å². The number of hydrazine groups is 1. The summed E-state index contributed by atoms with van der Waals surface area (Å²) in [6.45, 7) is 4.09. The number of nitrogens with one attached hydrogen (secondary N) is 2. The summed E-state index contributed by atoms with van der Waals surface area (Å²) in [6, 6.07) is 3.29. The third kappa shape index (κ3) is 5.10. The van der Waals surface area contributed by atoms with Gasteiger partial charge in [0.25, 0.3) is 5.91 Å². The van der Waals surface area contributed by atoms with Crippen molar-refractivity contribution in [1.29, 1.82) is 0 Å². The van der Waals surface area contributed by atoms with Gasteiger partial charge in [0.1, 0.15) is 0 Å². The molecule has 0 saturated carbocycles. The summed E-state index contributed by atoms with van der Waals surface area (Å²) in [5.41, 5.74) is 5.13. The predicted molar refractivity (Wildman–Crippen MR) is 63.9 cm³/mol. The molecule has 1 aromatic heterocycles. The Kier molecular flexibility index (Phi) is 5.13. The predicted octanol–water partition coefficient (Wildman–Crippen LogP) is 1.28. The van der Waals surface area contributed by atoms with Crippen LogP contribution < -0.4 is 10.9 Å². The summed E-state index contributed by atoms with van der Waals surface area (Å²) in [7, 11) is 0. The van der Waals surface area contributed by atoms with Gasteiger partial charge in [0.05, 0.1) is 5.56 Å². The molecule has 5 heteroatoms. The Bertz CT molecular complexity index is 377. The first-order valence-electron chi connectivity index (χ1n) is 5.59. The van der Waals surface area contributed by atoms with E-state index in [1.54, 1.807) is 18.3 Å². The zero-order valence-electron chi connectivity index (χ0n) is 10.1. The van der Waals surface area contributed by atoms with Crippen LogP contribution in [0.3, 0.4) is 0 Å². The molecule has 1 heterocycles. The van der Waals surface area contributed by atoms with Crippen LogP contribution in [0.25, 0.3) is 0 Å². The SMILES string of the molecule is CC(C)CCC(=O)NNC(=O)c1cccnc1. The van der Waals surface area contributed by atoms with Crippen molar-refractivity contribution < 1.29 is 9.59 Å². The summed E-state index contributed by atoms with van der Waals surface area (Å²) in [6.07, 6.45) is 4.23. The summed E-state index contributed by atoms with van der Waals surface area (Å²) in [4.78, 5) is 26.7. The second kappa shape index (κ2) is 6.62. The largest absolute Gasteiger partial charge is 0.273 e. The minimum Gasteiger partial charge on any atom is -0.273 e. The van der Waals surface area contributed by atoms with Gasteiger partial charge in [-0.2, -0.15) is 0 Å². The topological polar surface area (TPSA) is 71.1 Å². The van der Waals surface area contributed by atoms with Gasteiger partial charge in [-0.3, -0.25) is 25.4 Å². The summed E-state index contributed by atoms with van der Waals surface area (Å²) >= 11 is 0. The third-order valence-electron chi connectivity index (χ3n) is 2.19. The van der Waals surface area contributed by atoms with E-state index in [1.165, 1.54) is 6.20 Å². The van der Waals surface area contributed by atoms with Gasteiger partial charge < -0.3 is 0 Å². The number of amides is 2. The molecule has 0 aliphatic heterocycles. The molecule has 1 rings (SSSR count). The maximum atomic E-state index is 11.5. The Morgan fingerprint density at radius 2 is 2.12 bits per heavy atom. The Morgan fingerprint density at radius 1 is 1.35 bits per heavy atom. The van der Waals surface area contributed by atoms with Crippen molar-refractivity contribution in [2.75, 3.05) is 0 Å². The van der Waals surface area contributed by atoms with Gasteiger partial charge >= 0.3 is 0 Å². The van der Waals surface area contributed by atoms with Gasteiger partial charge in [-0.1, -0.05) is 13.8 Å². The number of pyridine rings is 1. The standard InChI is InChI=1S/C12H17N3O2/c1-9(2)5-6-11(16)14-15-12(17)10-4-3-7-13-8-10/h3-4,7-9H,5-6H2,1-2H3,(H,14,16)(H,15,17). The van der Waals surface area contributed by atoms with Crippen molar-refractivity contribution in [2.45, 2.75) is 26.7 Å². The zero-order chi connectivity index (χ0) is 12.7. The van der Waals surface area contributed by atoms with E-state index in [4.69, 9.17) is 0 Å². The molecule has 0 aliphatic carbocycles. The highest BCUT2D eigenvalue weighted by molar-refractivity contribution is 5.94. The molecule has 0 aromatic carbocycles. The lowest BCUT2D eigenvalue weighted by Gasteiger charge is -2.08. The van der Waals surface area contributed by atoms with E-state index < -0.39 is 0 Å². The summed E-state index contributed by atoms with van der Waals surface area (Å²) < 4.78 is 0. The number of hydrogen-bond donors (Lipinski definition) is 2. The first-order chi connectivity index (χ1) is 8.09. The van der Waals surface area contributed by atoms with Gasteiger partial charge in [0.15, 0.2) is 0 Å². The summed E-state index contributed by atoms with van der Waals surface area (Å²) in [5.74, 6) is -0.0817. The maximum Gasteiger partial charge on any atom is 0.271 e. The van der Waals surface area contributed by atoms with Crippen molar-refractivity contribution in [2.24, 2.45) is 5.92 Å². The number of hydrogen-bond acceptors (Lipinski definition) is 3. The van der Waals surface area contributed by atoms with Crippen LogP contribution in [0.4, 0.5) is 0 Å². The fourth-order valence-corrected chi connectivity index (χ4v) is 1.18. The second-order valence-electron chi connectivity index (χ2n) is 4.18. The maximum absolute atomic E-state index is 11.5. The lowest BCUT2D eigenvalue weighted by molar-refractivity contribution is -0.122. The van der Waals surface area contributed by atoms with Crippen LogP contribution in [0, 0.1) is 5.92 Å². The molecule has 2 N–H and O–H groups in total. The molecule has 0 spiro atoms. The molecule has 5 nitrogen and oxygen atoms in total. The number of nitrogens with zero attached hydrogens (tertiary/aromatic N) is 1. The number of carbonyl (C=O) groups is 2. The highest BCUT2D eigenvalue weighted by Crippen LogP contribution is 2.02. The van der Waals surface area contributed by atoms with E-state index in [0.29, 0.717) is 17.9 Å². The highest BCUT2D eigenvalue weighted by Gasteiger charge is 2.07. The molecule has 1 aromatic rings. The fraction of sp³-hybridized carbons (Fsp3) is 0.417. The van der Waals surface area contributed by atoms with Crippen LogP contribution in [0.1, 0.15) is 37.0 Å². The van der Waals surface area contributed by atoms with Crippen LogP contribution in [0.2, 0.25) is 0 Å². The molecule has 0 radical (unpaired) electrons. The minimum absolute atomic E-state index is 0.184. The van der Waals surface area contributed by atoms with E-state index >= 15 is 0 Å². The van der Waals surface area contributed by atoms with E-state index in [1.807, 2.05) is 13.8 Å². The minimum atomic E-state index is -0.365. The molecule has 2 amide bonds. The molecular formula is C12H17N3O2. The number of rotatable bonds is 4. The van der Waals surface area contributed by atoms with Crippen molar-refractivity contribution in [3.8, 4) is 0 Å². The first-order valence-corrected chi connectivity index (χ1v) is 5.59. The lowest BCUT2D eigenvalue weighted by atomic mass is 10.1. The normalized spacial score (nSPS) is 10.1. The monoisotopic (exact) mass is 235 g/mol. The average molecular weight is 235 g/mol. The van der Waals surface area contributed by atoms with Crippen LogP contribution in [-0.4, -0.2) is 16.8 Å². The Morgan fingerprint density at radius 3 is 2.71 bits per heavy atom. The van der Waals surface area contributed by atoms with Crippen LogP contribution >= 0.6 is 0 Å². The molecular weight excluding hydrogens is 218 g/mol. The van der Waals surface area contributed by atoms with Gasteiger partial charge in [-0.05, 0) is 24.5 Å². The fourth-order valence-electron chi connectivity index (χ4n) is 1.18. The van der Waals surface area contributed by atoms with Gasteiger partial charge in [-0.25, -0.2) is 0 Å². The summed E-state index contributed by atoms with van der Waals surface area (Å²) in [5, 5.41) is 0. The van der Waals surface area contributed by atoms with Crippen molar-refractivity contribution in [3.63, 3.8) is 0 Å². The molecule has 0 saturated heterocycles. The lowest BCUT2D eigenvalue weighted by Crippen LogP contribution is -2.41. The van der Waals surface area contributed by atoms with Gasteiger partial charge in [0, 0.05) is 18.8 Å². The highest BCUT2D eigenvalue weighted by atomic mass is 16.2. The van der Waals surface area contributed by atoms with E-state index in [2.05, 4.69) is 15.8 Å². The molecule has 0 aliphatic rings. The van der Waals surface area contributed by atoms with Crippen molar-refractivity contribution in [3.05, 3.63) is 30.1 Å². The molecule has 0 bridgehead atoms. The van der Waals surface area contributed by atoms with Gasteiger partial charge in [0.2, 0.25) is 5.91 Å². The Balaban J connectivity index is 2.31. The van der Waals surface area contributed by atoms with E-state index in [9.17, 15) is 9.59 Å². The quantitative estimate of drug-likeness (QED) is 0.772. The number of aromatic nitrogens is 1. The second-order valence-corrected chi connectivity index (χ2v) is 4.18. The van der Waals surface area contributed by atoms with Crippen LogP contribution in [0.15, 0.2) is 24.5 Å². The molecule has 17 heavy (non-hydrogen) atoms. The Hall–Kier alpha value is -1.91. The number of carbonyl (C=O) groups excluding carboxylic acids is 2. The molecule has 0 atom stereocenters. The Labute approximate surface area is 101 Å². The average Bonchev–Trinajstić information content (AvgIpc) is 2.34.